The van der Waals surface area contributed by atoms with E-state index in [1.807, 2.05) is 0 Å². The summed E-state index contributed by atoms with van der Waals surface area (Å²) in [5.41, 5.74) is 0. The van der Waals surface area contributed by atoms with Gasteiger partial charge in [-0.15, -0.1) is 0 Å². The molecule has 7 heteroatoms. The number of urea groups is 1. The van der Waals surface area contributed by atoms with Crippen LogP contribution >= 0.6 is 11.8 Å². The van der Waals surface area contributed by atoms with Crippen molar-refractivity contribution in [2.75, 3.05) is 18.8 Å². The zero-order chi connectivity index (χ0) is 12.0. The molecular formula is C9H13N3O3S. The first-order chi connectivity index (χ1) is 7.65. The Kier molecular flexibility index (Phi) is 4.84. The molecule has 0 radical (unpaired) electrons. The van der Waals surface area contributed by atoms with E-state index in [0.717, 1.165) is 16.7 Å². The molecule has 1 saturated heterocycles. The third kappa shape index (κ3) is 3.58. The van der Waals surface area contributed by atoms with Gasteiger partial charge in [0.1, 0.15) is 0 Å². The largest absolute Gasteiger partial charge is 0.336 e. The fourth-order valence-corrected chi connectivity index (χ4v) is 1.84. The Labute approximate surface area is 97.4 Å². The van der Waals surface area contributed by atoms with Crippen molar-refractivity contribution in [2.24, 2.45) is 0 Å². The number of hydrogen-bond donors (Lipinski definition) is 2. The number of rotatable bonds is 4. The third-order valence-corrected chi connectivity index (χ3v) is 2.70. The van der Waals surface area contributed by atoms with E-state index in [1.54, 1.807) is 13.0 Å². The Bertz CT molecular complexity index is 314. The molecule has 0 saturated carbocycles. The van der Waals surface area contributed by atoms with E-state index in [9.17, 15) is 14.4 Å². The monoisotopic (exact) mass is 243 g/mol. The Morgan fingerprint density at radius 1 is 1.56 bits per heavy atom. The van der Waals surface area contributed by atoms with Crippen molar-refractivity contribution in [3.63, 3.8) is 0 Å². The van der Waals surface area contributed by atoms with E-state index >= 15 is 0 Å². The lowest BCUT2D eigenvalue weighted by Gasteiger charge is -2.12. The van der Waals surface area contributed by atoms with Crippen molar-refractivity contribution in [3.8, 4) is 0 Å². The van der Waals surface area contributed by atoms with Gasteiger partial charge in [0.25, 0.3) is 5.24 Å². The SMILES string of the molecule is C/C=C/NC(=O)NCCN1C(=O)CSC1=O. The minimum atomic E-state index is -0.357. The number of carbonyl (C=O) groups is 3. The van der Waals surface area contributed by atoms with Crippen LogP contribution in [-0.4, -0.2) is 40.9 Å². The molecular weight excluding hydrogens is 230 g/mol. The molecule has 0 aliphatic carbocycles. The molecule has 1 heterocycles. The average molecular weight is 243 g/mol. The number of nitrogens with zero attached hydrogens (tertiary/aromatic N) is 1. The first kappa shape index (κ1) is 12.6. The first-order valence-electron chi connectivity index (χ1n) is 4.78. The van der Waals surface area contributed by atoms with E-state index < -0.39 is 0 Å². The Hall–Kier alpha value is -1.50. The second-order valence-corrected chi connectivity index (χ2v) is 3.93. The van der Waals surface area contributed by atoms with E-state index in [1.165, 1.54) is 6.20 Å². The van der Waals surface area contributed by atoms with Crippen LogP contribution in [0.5, 0.6) is 0 Å². The van der Waals surface area contributed by atoms with Crippen molar-refractivity contribution in [2.45, 2.75) is 6.92 Å². The van der Waals surface area contributed by atoms with Crippen LogP contribution in [0.3, 0.4) is 0 Å². The van der Waals surface area contributed by atoms with E-state index in [2.05, 4.69) is 10.6 Å². The smallest absolute Gasteiger partial charge is 0.318 e. The van der Waals surface area contributed by atoms with Crippen molar-refractivity contribution >= 4 is 28.9 Å². The van der Waals surface area contributed by atoms with Crippen LogP contribution in [0.15, 0.2) is 12.3 Å². The summed E-state index contributed by atoms with van der Waals surface area (Å²) in [6.45, 7) is 2.24. The van der Waals surface area contributed by atoms with Gasteiger partial charge in [0.15, 0.2) is 0 Å². The molecule has 2 N–H and O–H groups in total. The van der Waals surface area contributed by atoms with Crippen molar-refractivity contribution in [1.29, 1.82) is 0 Å². The van der Waals surface area contributed by atoms with E-state index in [4.69, 9.17) is 0 Å². The minimum Gasteiger partial charge on any atom is -0.336 e. The molecule has 16 heavy (non-hydrogen) atoms. The zero-order valence-corrected chi connectivity index (χ0v) is 9.67. The molecule has 0 aromatic heterocycles. The molecule has 1 fully saturated rings. The quantitative estimate of drug-likeness (QED) is 0.754. The maximum atomic E-state index is 11.2. The molecule has 4 amide bonds. The lowest BCUT2D eigenvalue weighted by atomic mass is 10.5. The summed E-state index contributed by atoms with van der Waals surface area (Å²) in [5.74, 6) is -0.00507. The summed E-state index contributed by atoms with van der Waals surface area (Å²) in [6.07, 6.45) is 3.18. The van der Waals surface area contributed by atoms with Gasteiger partial charge in [-0.05, 0) is 6.92 Å². The highest BCUT2D eigenvalue weighted by molar-refractivity contribution is 8.14. The Balaban J connectivity index is 2.22. The van der Waals surface area contributed by atoms with Crippen LogP contribution in [-0.2, 0) is 4.79 Å². The molecule has 0 spiro atoms. The summed E-state index contributed by atoms with van der Waals surface area (Å²) >= 11 is 0.984. The summed E-state index contributed by atoms with van der Waals surface area (Å²) in [4.78, 5) is 34.5. The summed E-state index contributed by atoms with van der Waals surface area (Å²) < 4.78 is 0. The van der Waals surface area contributed by atoms with Gasteiger partial charge in [-0.2, -0.15) is 0 Å². The molecule has 1 aliphatic rings. The van der Waals surface area contributed by atoms with Crippen LogP contribution < -0.4 is 10.6 Å². The summed E-state index contributed by atoms with van der Waals surface area (Å²) in [6, 6.07) is -0.357. The molecule has 0 aromatic rings. The highest BCUT2D eigenvalue weighted by Crippen LogP contribution is 2.17. The number of hydrogen-bond acceptors (Lipinski definition) is 4. The van der Waals surface area contributed by atoms with Crippen molar-refractivity contribution in [3.05, 3.63) is 12.3 Å². The van der Waals surface area contributed by atoms with Gasteiger partial charge in [0.05, 0.1) is 5.75 Å². The summed E-state index contributed by atoms with van der Waals surface area (Å²) in [7, 11) is 0. The molecule has 0 atom stereocenters. The second-order valence-electron chi connectivity index (χ2n) is 3.00. The van der Waals surface area contributed by atoms with Crippen LogP contribution in [0.1, 0.15) is 6.92 Å². The fourth-order valence-electron chi connectivity index (χ4n) is 1.09. The molecule has 0 aromatic carbocycles. The average Bonchev–Trinajstić information content (AvgIpc) is 2.57. The lowest BCUT2D eigenvalue weighted by molar-refractivity contribution is -0.124. The molecule has 6 nitrogen and oxygen atoms in total. The zero-order valence-electron chi connectivity index (χ0n) is 8.86. The van der Waals surface area contributed by atoms with Crippen LogP contribution in [0.2, 0.25) is 0 Å². The molecule has 0 bridgehead atoms. The van der Waals surface area contributed by atoms with Gasteiger partial charge in [-0.25, -0.2) is 4.79 Å². The number of amides is 4. The second kappa shape index (κ2) is 6.16. The molecule has 1 aliphatic heterocycles. The predicted octanol–water partition coefficient (Wildman–Crippen LogP) is 0.515. The topological polar surface area (TPSA) is 78.5 Å². The summed E-state index contributed by atoms with van der Waals surface area (Å²) in [5, 5.41) is 4.74. The van der Waals surface area contributed by atoms with E-state index in [-0.39, 0.29) is 36.0 Å². The van der Waals surface area contributed by atoms with Gasteiger partial charge in [-0.1, -0.05) is 17.8 Å². The fraction of sp³-hybridized carbons (Fsp3) is 0.444. The number of allylic oxidation sites excluding steroid dienone is 1. The van der Waals surface area contributed by atoms with E-state index in [0.29, 0.717) is 0 Å². The van der Waals surface area contributed by atoms with Crippen molar-refractivity contribution < 1.29 is 14.4 Å². The third-order valence-electron chi connectivity index (χ3n) is 1.84. The molecule has 0 unspecified atom stereocenters. The van der Waals surface area contributed by atoms with Crippen LogP contribution in [0.25, 0.3) is 0 Å². The highest BCUT2D eigenvalue weighted by atomic mass is 32.2. The predicted molar refractivity (Wildman–Crippen MR) is 60.9 cm³/mol. The highest BCUT2D eigenvalue weighted by Gasteiger charge is 2.29. The van der Waals surface area contributed by atoms with Crippen LogP contribution in [0, 0.1) is 0 Å². The standard InChI is InChI=1S/C9H13N3O3S/c1-2-3-10-8(14)11-4-5-12-7(13)6-16-9(12)15/h2-3H,4-6H2,1H3,(H2,10,11,14)/b3-2+. The molecule has 88 valence electrons. The Morgan fingerprint density at radius 3 is 2.88 bits per heavy atom. The van der Waals surface area contributed by atoms with Gasteiger partial charge in [0, 0.05) is 19.3 Å². The minimum absolute atomic E-state index is 0.198. The number of thioether (sulfide) groups is 1. The molecule has 1 rings (SSSR count). The number of imide groups is 1. The number of nitrogens with one attached hydrogen (secondary N) is 2. The normalized spacial score (nSPS) is 15.9. The first-order valence-corrected chi connectivity index (χ1v) is 5.76. The maximum absolute atomic E-state index is 11.2. The van der Waals surface area contributed by atoms with Crippen LogP contribution in [0.4, 0.5) is 9.59 Å². The van der Waals surface area contributed by atoms with Crippen molar-refractivity contribution in [1.82, 2.24) is 15.5 Å². The van der Waals surface area contributed by atoms with Gasteiger partial charge in [0.2, 0.25) is 5.91 Å². The lowest BCUT2D eigenvalue weighted by Crippen LogP contribution is -2.40. The van der Waals surface area contributed by atoms with Gasteiger partial charge >= 0.3 is 6.03 Å². The number of carbonyl (C=O) groups excluding carboxylic acids is 3. The Morgan fingerprint density at radius 2 is 2.31 bits per heavy atom. The van der Waals surface area contributed by atoms with Gasteiger partial charge < -0.3 is 10.6 Å². The van der Waals surface area contributed by atoms with Gasteiger partial charge in [-0.3, -0.25) is 14.5 Å². The maximum Gasteiger partial charge on any atom is 0.318 e.